The van der Waals surface area contributed by atoms with Crippen molar-refractivity contribution in [1.29, 1.82) is 0 Å². The van der Waals surface area contributed by atoms with Gasteiger partial charge in [0, 0.05) is 22.5 Å². The van der Waals surface area contributed by atoms with Gasteiger partial charge in [0.15, 0.2) is 5.82 Å². The molecule has 2 aromatic rings. The minimum atomic E-state index is -0.585. The lowest BCUT2D eigenvalue weighted by Gasteiger charge is -2.11. The van der Waals surface area contributed by atoms with Gasteiger partial charge in [0.1, 0.15) is 0 Å². The van der Waals surface area contributed by atoms with Crippen molar-refractivity contribution >= 4 is 23.2 Å². The topological polar surface area (TPSA) is 64.9 Å². The summed E-state index contributed by atoms with van der Waals surface area (Å²) in [5.41, 5.74) is 6.58. The van der Waals surface area contributed by atoms with Crippen molar-refractivity contribution < 1.29 is 4.52 Å². The average molecular weight is 258 g/mol. The molecule has 0 fully saturated rings. The van der Waals surface area contributed by atoms with Crippen molar-refractivity contribution in [3.63, 3.8) is 0 Å². The first-order chi connectivity index (χ1) is 7.59. The molecule has 0 aliphatic rings. The van der Waals surface area contributed by atoms with Crippen LogP contribution < -0.4 is 5.73 Å². The summed E-state index contributed by atoms with van der Waals surface area (Å²) in [6.07, 6.45) is 0. The Hall–Kier alpha value is -1.10. The zero-order chi connectivity index (χ0) is 11.7. The summed E-state index contributed by atoms with van der Waals surface area (Å²) >= 11 is 12.1. The third kappa shape index (κ3) is 2.04. The molecule has 4 nitrogen and oxygen atoms in total. The molecule has 0 amide bonds. The molecule has 1 unspecified atom stereocenters. The molecular weight excluding hydrogens is 249 g/mol. The van der Waals surface area contributed by atoms with E-state index in [1.807, 2.05) is 0 Å². The Morgan fingerprint density at radius 2 is 1.94 bits per heavy atom. The molecule has 0 spiro atoms. The quantitative estimate of drug-likeness (QED) is 0.899. The number of benzene rings is 1. The van der Waals surface area contributed by atoms with Crippen molar-refractivity contribution in [3.05, 3.63) is 45.5 Å². The first-order valence-corrected chi connectivity index (χ1v) is 5.35. The van der Waals surface area contributed by atoms with Crippen molar-refractivity contribution in [3.8, 4) is 0 Å². The third-order valence-electron chi connectivity index (χ3n) is 2.13. The fraction of sp³-hybridized carbons (Fsp3) is 0.200. The molecule has 2 rings (SSSR count). The van der Waals surface area contributed by atoms with Gasteiger partial charge in [0.2, 0.25) is 5.89 Å². The van der Waals surface area contributed by atoms with Gasteiger partial charge in [-0.05, 0) is 12.1 Å². The molecular formula is C10H9Cl2N3O. The second kappa shape index (κ2) is 4.41. The second-order valence-electron chi connectivity index (χ2n) is 3.28. The Kier molecular flexibility index (Phi) is 3.14. The molecule has 0 radical (unpaired) electrons. The number of aromatic nitrogens is 2. The van der Waals surface area contributed by atoms with E-state index in [1.165, 1.54) is 0 Å². The number of nitrogens with zero attached hydrogens (tertiary/aromatic N) is 2. The van der Waals surface area contributed by atoms with E-state index in [1.54, 1.807) is 25.1 Å². The van der Waals surface area contributed by atoms with Crippen LogP contribution in [0.4, 0.5) is 0 Å². The molecule has 6 heteroatoms. The first kappa shape index (κ1) is 11.4. The van der Waals surface area contributed by atoms with Gasteiger partial charge in [-0.25, -0.2) is 0 Å². The maximum atomic E-state index is 6.03. The van der Waals surface area contributed by atoms with Crippen molar-refractivity contribution in [2.45, 2.75) is 13.0 Å². The highest BCUT2D eigenvalue weighted by atomic mass is 35.5. The molecule has 2 N–H and O–H groups in total. The lowest BCUT2D eigenvalue weighted by molar-refractivity contribution is 0.385. The number of hydrogen-bond donors (Lipinski definition) is 1. The SMILES string of the molecule is Cc1nc(C(N)c2c(Cl)cccc2Cl)no1. The van der Waals surface area contributed by atoms with Gasteiger partial charge in [-0.1, -0.05) is 34.4 Å². The van der Waals surface area contributed by atoms with Crippen LogP contribution in [0.25, 0.3) is 0 Å². The molecule has 0 saturated heterocycles. The summed E-state index contributed by atoms with van der Waals surface area (Å²) in [4.78, 5) is 4.05. The normalized spacial score (nSPS) is 12.8. The van der Waals surface area contributed by atoms with Gasteiger partial charge >= 0.3 is 0 Å². The highest BCUT2D eigenvalue weighted by Crippen LogP contribution is 2.31. The number of halogens is 2. The van der Waals surface area contributed by atoms with Gasteiger partial charge in [0.05, 0.1) is 6.04 Å². The van der Waals surface area contributed by atoms with Crippen LogP contribution in [0, 0.1) is 6.92 Å². The standard InChI is InChI=1S/C10H9Cl2N3O/c1-5-14-10(15-16-5)9(13)8-6(11)3-2-4-7(8)12/h2-4,9H,13H2,1H3. The van der Waals surface area contributed by atoms with Crippen LogP contribution in [0.2, 0.25) is 10.0 Å². The maximum absolute atomic E-state index is 6.03. The van der Waals surface area contributed by atoms with E-state index in [0.717, 1.165) is 0 Å². The van der Waals surface area contributed by atoms with Crippen molar-refractivity contribution in [1.82, 2.24) is 10.1 Å². The Morgan fingerprint density at radius 1 is 1.31 bits per heavy atom. The van der Waals surface area contributed by atoms with Crippen LogP contribution >= 0.6 is 23.2 Å². The smallest absolute Gasteiger partial charge is 0.223 e. The number of aryl methyl sites for hydroxylation is 1. The van der Waals surface area contributed by atoms with Gasteiger partial charge < -0.3 is 10.3 Å². The molecule has 0 aliphatic carbocycles. The molecule has 16 heavy (non-hydrogen) atoms. The zero-order valence-electron chi connectivity index (χ0n) is 8.45. The second-order valence-corrected chi connectivity index (χ2v) is 4.10. The lowest BCUT2D eigenvalue weighted by atomic mass is 10.1. The fourth-order valence-corrected chi connectivity index (χ4v) is 2.01. The summed E-state index contributed by atoms with van der Waals surface area (Å²) in [6, 6.07) is 4.60. The fourth-order valence-electron chi connectivity index (χ4n) is 1.38. The molecule has 1 aromatic heterocycles. The van der Waals surface area contributed by atoms with Crippen LogP contribution in [-0.2, 0) is 0 Å². The third-order valence-corrected chi connectivity index (χ3v) is 2.79. The van der Waals surface area contributed by atoms with E-state index in [0.29, 0.717) is 27.3 Å². The van der Waals surface area contributed by atoms with Crippen LogP contribution in [0.5, 0.6) is 0 Å². The van der Waals surface area contributed by atoms with E-state index in [-0.39, 0.29) is 0 Å². The van der Waals surface area contributed by atoms with Crippen LogP contribution in [0.1, 0.15) is 23.3 Å². The van der Waals surface area contributed by atoms with Gasteiger partial charge in [-0.3, -0.25) is 0 Å². The summed E-state index contributed by atoms with van der Waals surface area (Å²) in [5.74, 6) is 0.820. The molecule has 0 saturated carbocycles. The van der Waals surface area contributed by atoms with E-state index in [4.69, 9.17) is 33.5 Å². The number of nitrogens with two attached hydrogens (primary N) is 1. The molecule has 1 heterocycles. The largest absolute Gasteiger partial charge is 0.340 e. The monoisotopic (exact) mass is 257 g/mol. The minimum absolute atomic E-state index is 0.368. The first-order valence-electron chi connectivity index (χ1n) is 4.59. The van der Waals surface area contributed by atoms with Crippen LogP contribution in [-0.4, -0.2) is 10.1 Å². The van der Waals surface area contributed by atoms with Gasteiger partial charge in [0.25, 0.3) is 0 Å². The van der Waals surface area contributed by atoms with E-state index in [2.05, 4.69) is 10.1 Å². The summed E-state index contributed by atoms with van der Waals surface area (Å²) in [6.45, 7) is 1.69. The lowest BCUT2D eigenvalue weighted by Crippen LogP contribution is -2.14. The summed E-state index contributed by atoms with van der Waals surface area (Å²) in [5, 5.41) is 4.72. The number of rotatable bonds is 2. The highest BCUT2D eigenvalue weighted by molar-refractivity contribution is 6.36. The van der Waals surface area contributed by atoms with Gasteiger partial charge in [-0.2, -0.15) is 4.98 Å². The molecule has 0 aliphatic heterocycles. The van der Waals surface area contributed by atoms with Crippen molar-refractivity contribution in [2.75, 3.05) is 0 Å². The number of hydrogen-bond acceptors (Lipinski definition) is 4. The Morgan fingerprint density at radius 3 is 2.44 bits per heavy atom. The van der Waals surface area contributed by atoms with Crippen LogP contribution in [0.3, 0.4) is 0 Å². The van der Waals surface area contributed by atoms with E-state index >= 15 is 0 Å². The minimum Gasteiger partial charge on any atom is -0.340 e. The predicted octanol–water partition coefficient (Wildman–Crippen LogP) is 2.73. The molecule has 1 aromatic carbocycles. The Balaban J connectivity index is 2.45. The summed E-state index contributed by atoms with van der Waals surface area (Å²) < 4.78 is 4.86. The van der Waals surface area contributed by atoms with E-state index in [9.17, 15) is 0 Å². The average Bonchev–Trinajstić information content (AvgIpc) is 2.64. The predicted molar refractivity (Wildman–Crippen MR) is 61.5 cm³/mol. The summed E-state index contributed by atoms with van der Waals surface area (Å²) in [7, 11) is 0. The maximum Gasteiger partial charge on any atom is 0.223 e. The van der Waals surface area contributed by atoms with E-state index < -0.39 is 6.04 Å². The van der Waals surface area contributed by atoms with Crippen LogP contribution in [0.15, 0.2) is 22.7 Å². The molecule has 0 bridgehead atoms. The molecule has 1 atom stereocenters. The molecule has 84 valence electrons. The zero-order valence-corrected chi connectivity index (χ0v) is 9.96. The van der Waals surface area contributed by atoms with Crippen molar-refractivity contribution in [2.24, 2.45) is 5.73 Å². The highest BCUT2D eigenvalue weighted by Gasteiger charge is 2.20. The Bertz CT molecular complexity index is 492. The van der Waals surface area contributed by atoms with Gasteiger partial charge in [-0.15, -0.1) is 0 Å². The Labute approximate surface area is 102 Å².